The summed E-state index contributed by atoms with van der Waals surface area (Å²) in [6.45, 7) is 4.66. The second-order valence-electron chi connectivity index (χ2n) is 2.74. The Morgan fingerprint density at radius 2 is 2.07 bits per heavy atom. The quantitative estimate of drug-likeness (QED) is 0.489. The van der Waals surface area contributed by atoms with Gasteiger partial charge in [-0.05, 0) is 19.9 Å². The summed E-state index contributed by atoms with van der Waals surface area (Å²) in [5.74, 6) is -0.365. The first-order valence-corrected chi connectivity index (χ1v) is 4.64. The molecule has 4 heteroatoms. The molecular formula is C10H17NO3. The first-order chi connectivity index (χ1) is 6.65. The van der Waals surface area contributed by atoms with Crippen LogP contribution in [0, 0.1) is 0 Å². The van der Waals surface area contributed by atoms with Gasteiger partial charge in [0.25, 0.3) is 0 Å². The first-order valence-electron chi connectivity index (χ1n) is 4.64. The summed E-state index contributed by atoms with van der Waals surface area (Å²) < 4.78 is 4.49. The lowest BCUT2D eigenvalue weighted by Crippen LogP contribution is -2.31. The number of allylic oxidation sites excluding steroid dienone is 1. The third-order valence-corrected chi connectivity index (χ3v) is 1.82. The van der Waals surface area contributed by atoms with E-state index in [0.717, 1.165) is 0 Å². The van der Waals surface area contributed by atoms with Crippen molar-refractivity contribution < 1.29 is 14.3 Å². The maximum absolute atomic E-state index is 11.4. The molecule has 0 unspecified atom stereocenters. The van der Waals surface area contributed by atoms with Gasteiger partial charge in [0, 0.05) is 13.1 Å². The molecule has 0 aliphatic rings. The second kappa shape index (κ2) is 7.12. The number of esters is 1. The van der Waals surface area contributed by atoms with Crippen molar-refractivity contribution >= 4 is 11.9 Å². The molecule has 0 spiro atoms. The van der Waals surface area contributed by atoms with Gasteiger partial charge < -0.3 is 9.64 Å². The van der Waals surface area contributed by atoms with Gasteiger partial charge in [0.2, 0.25) is 5.91 Å². The largest absolute Gasteiger partial charge is 0.469 e. The minimum atomic E-state index is -0.295. The first kappa shape index (κ1) is 12.7. The molecule has 80 valence electrons. The summed E-state index contributed by atoms with van der Waals surface area (Å²) in [5.41, 5.74) is 0. The average Bonchev–Trinajstić information content (AvgIpc) is 2.18. The predicted molar refractivity (Wildman–Crippen MR) is 53.7 cm³/mol. The van der Waals surface area contributed by atoms with Gasteiger partial charge in [0.05, 0.1) is 13.5 Å². The third kappa shape index (κ3) is 4.64. The van der Waals surface area contributed by atoms with Crippen molar-refractivity contribution in [2.45, 2.75) is 20.3 Å². The molecule has 0 aliphatic heterocycles. The van der Waals surface area contributed by atoms with Crippen molar-refractivity contribution in [1.82, 2.24) is 4.90 Å². The number of rotatable bonds is 5. The number of nitrogens with zero attached hydrogens (tertiary/aromatic N) is 1. The molecule has 0 aromatic carbocycles. The highest BCUT2D eigenvalue weighted by Gasteiger charge is 2.10. The summed E-state index contributed by atoms with van der Waals surface area (Å²) in [7, 11) is 1.34. The Morgan fingerprint density at radius 3 is 2.50 bits per heavy atom. The molecule has 0 radical (unpaired) electrons. The Hall–Kier alpha value is -1.32. The molecule has 0 saturated carbocycles. The van der Waals surface area contributed by atoms with Crippen molar-refractivity contribution in [2.24, 2.45) is 0 Å². The lowest BCUT2D eigenvalue weighted by molar-refractivity contribution is -0.141. The Kier molecular flexibility index (Phi) is 6.45. The van der Waals surface area contributed by atoms with Crippen molar-refractivity contribution in [2.75, 3.05) is 20.2 Å². The number of carbonyl (C=O) groups excluding carboxylic acids is 2. The van der Waals surface area contributed by atoms with Crippen LogP contribution in [0.4, 0.5) is 0 Å². The fourth-order valence-corrected chi connectivity index (χ4v) is 1.00. The molecule has 14 heavy (non-hydrogen) atoms. The highest BCUT2D eigenvalue weighted by molar-refractivity contribution is 5.87. The number of amides is 1. The van der Waals surface area contributed by atoms with E-state index in [1.807, 2.05) is 6.92 Å². The predicted octanol–water partition coefficient (Wildman–Crippen LogP) is 0.974. The van der Waals surface area contributed by atoms with E-state index in [4.69, 9.17) is 0 Å². The van der Waals surface area contributed by atoms with Crippen LogP contribution in [-0.2, 0) is 14.3 Å². The number of hydrogen-bond acceptors (Lipinski definition) is 3. The van der Waals surface area contributed by atoms with Crippen LogP contribution in [0.1, 0.15) is 20.3 Å². The SMILES string of the molecule is C/C=C/C(=O)N(CC)CCC(=O)OC. The van der Waals surface area contributed by atoms with Gasteiger partial charge in [-0.25, -0.2) is 0 Å². The van der Waals surface area contributed by atoms with Crippen LogP contribution in [0.5, 0.6) is 0 Å². The van der Waals surface area contributed by atoms with Crippen molar-refractivity contribution in [3.8, 4) is 0 Å². The van der Waals surface area contributed by atoms with Crippen molar-refractivity contribution in [1.29, 1.82) is 0 Å². The smallest absolute Gasteiger partial charge is 0.307 e. The van der Waals surface area contributed by atoms with Gasteiger partial charge in [0.15, 0.2) is 0 Å². The fourth-order valence-electron chi connectivity index (χ4n) is 1.00. The number of ether oxygens (including phenoxy) is 1. The maximum atomic E-state index is 11.4. The molecule has 0 saturated heterocycles. The molecule has 4 nitrogen and oxygen atoms in total. The fraction of sp³-hybridized carbons (Fsp3) is 0.600. The van der Waals surface area contributed by atoms with Gasteiger partial charge in [-0.2, -0.15) is 0 Å². The van der Waals surface area contributed by atoms with Crippen molar-refractivity contribution in [3.05, 3.63) is 12.2 Å². The van der Waals surface area contributed by atoms with Crippen LogP contribution in [0.25, 0.3) is 0 Å². The van der Waals surface area contributed by atoms with Crippen LogP contribution < -0.4 is 0 Å². The number of likely N-dealkylation sites (N-methyl/N-ethyl adjacent to an activating group) is 1. The third-order valence-electron chi connectivity index (χ3n) is 1.82. The van der Waals surface area contributed by atoms with Gasteiger partial charge >= 0.3 is 5.97 Å². The highest BCUT2D eigenvalue weighted by Crippen LogP contribution is 1.95. The van der Waals surface area contributed by atoms with E-state index in [1.165, 1.54) is 13.2 Å². The lowest BCUT2D eigenvalue weighted by Gasteiger charge is -2.18. The van der Waals surface area contributed by atoms with Crippen molar-refractivity contribution in [3.63, 3.8) is 0 Å². The summed E-state index contributed by atoms with van der Waals surface area (Å²) in [5, 5.41) is 0. The van der Waals surface area contributed by atoms with Gasteiger partial charge in [-0.1, -0.05) is 6.08 Å². The van der Waals surface area contributed by atoms with E-state index in [1.54, 1.807) is 17.9 Å². The Balaban J connectivity index is 4.02. The number of carbonyl (C=O) groups is 2. The molecule has 0 atom stereocenters. The highest BCUT2D eigenvalue weighted by atomic mass is 16.5. The van der Waals surface area contributed by atoms with Gasteiger partial charge in [0.1, 0.15) is 0 Å². The standard InChI is InChI=1S/C10H17NO3/c1-4-6-9(12)11(5-2)8-7-10(13)14-3/h4,6H,5,7-8H2,1-3H3/b6-4+. The molecule has 0 aromatic rings. The number of hydrogen-bond donors (Lipinski definition) is 0. The maximum Gasteiger partial charge on any atom is 0.307 e. The molecule has 0 heterocycles. The Morgan fingerprint density at radius 1 is 1.43 bits per heavy atom. The molecular weight excluding hydrogens is 182 g/mol. The number of methoxy groups -OCH3 is 1. The normalized spacial score (nSPS) is 10.2. The topological polar surface area (TPSA) is 46.6 Å². The molecule has 0 N–H and O–H groups in total. The molecule has 0 bridgehead atoms. The van der Waals surface area contributed by atoms with E-state index in [0.29, 0.717) is 13.1 Å². The average molecular weight is 199 g/mol. The van der Waals surface area contributed by atoms with E-state index in [2.05, 4.69) is 4.74 Å². The zero-order valence-electron chi connectivity index (χ0n) is 8.95. The van der Waals surface area contributed by atoms with Crippen LogP contribution >= 0.6 is 0 Å². The second-order valence-corrected chi connectivity index (χ2v) is 2.74. The lowest BCUT2D eigenvalue weighted by atomic mass is 10.3. The minimum Gasteiger partial charge on any atom is -0.469 e. The summed E-state index contributed by atoms with van der Waals surface area (Å²) in [6.07, 6.45) is 3.41. The van der Waals surface area contributed by atoms with Crippen LogP contribution in [-0.4, -0.2) is 37.0 Å². The van der Waals surface area contributed by atoms with Gasteiger partial charge in [-0.3, -0.25) is 9.59 Å². The molecule has 1 amide bonds. The van der Waals surface area contributed by atoms with Gasteiger partial charge in [-0.15, -0.1) is 0 Å². The zero-order valence-corrected chi connectivity index (χ0v) is 8.95. The van der Waals surface area contributed by atoms with E-state index >= 15 is 0 Å². The molecule has 0 rings (SSSR count). The molecule has 0 aromatic heterocycles. The summed E-state index contributed by atoms with van der Waals surface area (Å²) >= 11 is 0. The van der Waals surface area contributed by atoms with Crippen LogP contribution in [0.3, 0.4) is 0 Å². The summed E-state index contributed by atoms with van der Waals surface area (Å²) in [4.78, 5) is 23.8. The zero-order chi connectivity index (χ0) is 11.0. The summed E-state index contributed by atoms with van der Waals surface area (Å²) in [6, 6.07) is 0. The molecule has 0 aliphatic carbocycles. The monoisotopic (exact) mass is 199 g/mol. The van der Waals surface area contributed by atoms with E-state index in [9.17, 15) is 9.59 Å². The minimum absolute atomic E-state index is 0.0705. The van der Waals surface area contributed by atoms with Crippen LogP contribution in [0.15, 0.2) is 12.2 Å². The Labute approximate surface area is 84.5 Å². The molecule has 0 fully saturated rings. The van der Waals surface area contributed by atoms with Crippen LogP contribution in [0.2, 0.25) is 0 Å². The van der Waals surface area contributed by atoms with E-state index in [-0.39, 0.29) is 18.3 Å². The Bertz CT molecular complexity index is 223. The van der Waals surface area contributed by atoms with E-state index < -0.39 is 0 Å².